The molecule has 1 amide bonds. The fourth-order valence-corrected chi connectivity index (χ4v) is 3.36. The summed E-state index contributed by atoms with van der Waals surface area (Å²) >= 11 is 5.93. The minimum absolute atomic E-state index is 0.0261. The van der Waals surface area contributed by atoms with Gasteiger partial charge < -0.3 is 9.88 Å². The molecule has 3 aromatic rings. The molecule has 0 radical (unpaired) electrons. The van der Waals surface area contributed by atoms with Gasteiger partial charge in [0.25, 0.3) is 0 Å². The van der Waals surface area contributed by atoms with E-state index in [1.165, 1.54) is 6.08 Å². The largest absolute Gasteiger partial charge is 0.353 e. The number of amides is 1. The van der Waals surface area contributed by atoms with Gasteiger partial charge in [-0.3, -0.25) is 9.59 Å². The fraction of sp³-hybridized carbons (Fsp3) is 0.261. The molecule has 0 bridgehead atoms. The topological polar surface area (TPSA) is 64.0 Å². The molecule has 1 N–H and O–H groups in total. The van der Waals surface area contributed by atoms with Crippen LogP contribution in [0.5, 0.6) is 0 Å². The predicted molar refractivity (Wildman–Crippen MR) is 116 cm³/mol. The Hall–Kier alpha value is -2.92. The number of unbranched alkanes of at least 4 members (excludes halogenated alkanes) is 2. The predicted octanol–water partition coefficient (Wildman–Crippen LogP) is 4.59. The lowest BCUT2D eigenvalue weighted by Gasteiger charge is -2.09. The van der Waals surface area contributed by atoms with Gasteiger partial charge in [-0.2, -0.15) is 0 Å². The lowest BCUT2D eigenvalue weighted by molar-refractivity contribution is -0.116. The monoisotopic (exact) mass is 409 g/mol. The van der Waals surface area contributed by atoms with Crippen molar-refractivity contribution in [3.8, 4) is 0 Å². The van der Waals surface area contributed by atoms with Crippen molar-refractivity contribution in [1.82, 2.24) is 14.9 Å². The lowest BCUT2D eigenvalue weighted by Crippen LogP contribution is -2.21. The number of hydrogen-bond donors (Lipinski definition) is 1. The van der Waals surface area contributed by atoms with Crippen LogP contribution in [0.25, 0.3) is 11.0 Å². The van der Waals surface area contributed by atoms with Crippen molar-refractivity contribution in [2.24, 2.45) is 0 Å². The number of carbonyl (C=O) groups is 2. The van der Waals surface area contributed by atoms with Crippen LogP contribution in [0.1, 0.15) is 35.4 Å². The fourth-order valence-electron chi connectivity index (χ4n) is 3.23. The number of Topliss-reactive ketones (excluding diaryl/α,β-unsaturated/α-hetero) is 1. The van der Waals surface area contributed by atoms with Gasteiger partial charge in [-0.25, -0.2) is 4.98 Å². The third-order valence-corrected chi connectivity index (χ3v) is 5.02. The molecule has 0 unspecified atom stereocenters. The van der Waals surface area contributed by atoms with Gasteiger partial charge in [-0.15, -0.1) is 0 Å². The average Bonchev–Trinajstić information content (AvgIpc) is 3.08. The Bertz CT molecular complexity index is 1010. The van der Waals surface area contributed by atoms with Crippen molar-refractivity contribution in [3.63, 3.8) is 0 Å². The summed E-state index contributed by atoms with van der Waals surface area (Å²) in [5.41, 5.74) is 2.49. The molecule has 2 aromatic carbocycles. The summed E-state index contributed by atoms with van der Waals surface area (Å²) in [7, 11) is 0. The van der Waals surface area contributed by atoms with Gasteiger partial charge in [-0.05, 0) is 55.3 Å². The summed E-state index contributed by atoms with van der Waals surface area (Å²) < 4.78 is 2.01. The number of carbonyl (C=O) groups excluding carboxylic acids is 2. The summed E-state index contributed by atoms with van der Waals surface area (Å²) in [4.78, 5) is 28.7. The van der Waals surface area contributed by atoms with Crippen molar-refractivity contribution < 1.29 is 9.59 Å². The second-order valence-electron chi connectivity index (χ2n) is 6.84. The zero-order valence-corrected chi connectivity index (χ0v) is 17.0. The highest BCUT2D eigenvalue weighted by atomic mass is 35.5. The van der Waals surface area contributed by atoms with Crippen molar-refractivity contribution in [2.75, 3.05) is 6.54 Å². The molecule has 29 heavy (non-hydrogen) atoms. The molecule has 3 rings (SSSR count). The molecule has 0 spiro atoms. The van der Waals surface area contributed by atoms with Crippen LogP contribution in [-0.2, 0) is 17.8 Å². The van der Waals surface area contributed by atoms with E-state index in [1.54, 1.807) is 24.3 Å². The normalized spacial score (nSPS) is 10.8. The Morgan fingerprint density at radius 2 is 1.83 bits per heavy atom. The van der Waals surface area contributed by atoms with E-state index in [1.807, 2.05) is 28.8 Å². The van der Waals surface area contributed by atoms with Crippen LogP contribution in [0, 0.1) is 0 Å². The first-order valence-electron chi connectivity index (χ1n) is 9.71. The molecular formula is C23H24ClN3O2. The van der Waals surface area contributed by atoms with Gasteiger partial charge in [-0.1, -0.05) is 36.7 Å². The second kappa shape index (κ2) is 10.0. The number of hydrogen-bond acceptors (Lipinski definition) is 3. The van der Waals surface area contributed by atoms with Gasteiger partial charge in [0.15, 0.2) is 5.78 Å². The molecule has 0 fully saturated rings. The summed E-state index contributed by atoms with van der Waals surface area (Å²) in [6, 6.07) is 14.8. The van der Waals surface area contributed by atoms with E-state index in [0.29, 0.717) is 17.1 Å². The van der Waals surface area contributed by atoms with Crippen LogP contribution in [0.15, 0.2) is 61.2 Å². The molecular weight excluding hydrogens is 386 g/mol. The first-order chi connectivity index (χ1) is 14.1. The Balaban J connectivity index is 1.67. The Morgan fingerprint density at radius 3 is 2.59 bits per heavy atom. The van der Waals surface area contributed by atoms with Crippen molar-refractivity contribution in [3.05, 3.63) is 77.6 Å². The molecule has 0 atom stereocenters. The number of imidazole rings is 1. The molecule has 0 aliphatic heterocycles. The number of rotatable bonds is 10. The number of aryl methyl sites for hydroxylation is 1. The van der Waals surface area contributed by atoms with E-state index in [4.69, 9.17) is 16.6 Å². The third-order valence-electron chi connectivity index (χ3n) is 4.76. The van der Waals surface area contributed by atoms with Crippen LogP contribution >= 0.6 is 11.6 Å². The van der Waals surface area contributed by atoms with Crippen LogP contribution < -0.4 is 5.32 Å². The zero-order valence-electron chi connectivity index (χ0n) is 16.2. The molecule has 1 aromatic heterocycles. The van der Waals surface area contributed by atoms with Crippen molar-refractivity contribution in [2.45, 2.75) is 32.2 Å². The Labute approximate surface area is 175 Å². The maximum Gasteiger partial charge on any atom is 0.243 e. The minimum Gasteiger partial charge on any atom is -0.353 e. The van der Waals surface area contributed by atoms with Crippen molar-refractivity contribution in [1.29, 1.82) is 0 Å². The van der Waals surface area contributed by atoms with E-state index in [2.05, 4.69) is 11.9 Å². The smallest absolute Gasteiger partial charge is 0.243 e. The van der Waals surface area contributed by atoms with E-state index in [-0.39, 0.29) is 18.2 Å². The average molecular weight is 410 g/mol. The highest BCUT2D eigenvalue weighted by molar-refractivity contribution is 6.30. The Morgan fingerprint density at radius 1 is 1.07 bits per heavy atom. The molecule has 0 aliphatic rings. The number of halogens is 1. The van der Waals surface area contributed by atoms with Crippen LogP contribution in [0.4, 0.5) is 0 Å². The van der Waals surface area contributed by atoms with Gasteiger partial charge in [0.1, 0.15) is 5.82 Å². The number of benzene rings is 2. The quantitative estimate of drug-likeness (QED) is 0.302. The van der Waals surface area contributed by atoms with Gasteiger partial charge in [0, 0.05) is 23.6 Å². The maximum atomic E-state index is 12.8. The highest BCUT2D eigenvalue weighted by Crippen LogP contribution is 2.19. The molecule has 0 saturated heterocycles. The lowest BCUT2D eigenvalue weighted by atomic mass is 10.1. The molecule has 0 saturated carbocycles. The van der Waals surface area contributed by atoms with Gasteiger partial charge in [0.05, 0.1) is 17.6 Å². The highest BCUT2D eigenvalue weighted by Gasteiger charge is 2.14. The zero-order chi connectivity index (χ0) is 20.6. The molecule has 0 aliphatic carbocycles. The first-order valence-corrected chi connectivity index (χ1v) is 10.1. The number of para-hydroxylation sites is 2. The maximum absolute atomic E-state index is 12.8. The van der Waals surface area contributed by atoms with Gasteiger partial charge in [0.2, 0.25) is 5.91 Å². The van der Waals surface area contributed by atoms with E-state index in [0.717, 1.165) is 42.5 Å². The molecule has 6 heteroatoms. The molecule has 150 valence electrons. The summed E-state index contributed by atoms with van der Waals surface area (Å²) in [5, 5.41) is 3.39. The SMILES string of the molecule is C=CC(=O)NCCCCCc1nc2ccccc2n1CC(=O)c1ccc(Cl)cc1. The van der Waals surface area contributed by atoms with E-state index in [9.17, 15) is 9.59 Å². The van der Waals surface area contributed by atoms with Crippen LogP contribution in [0.3, 0.4) is 0 Å². The standard InChI is InChI=1S/C23H24ClN3O2/c1-2-23(29)25-15-7-3-4-10-22-26-19-8-5-6-9-20(19)27(22)16-21(28)17-11-13-18(24)14-12-17/h2,5-6,8-9,11-14H,1,3-4,7,10,15-16H2,(H,25,29). The molecule has 1 heterocycles. The summed E-state index contributed by atoms with van der Waals surface area (Å²) in [6.07, 6.45) is 4.84. The number of ketones is 1. The molecule has 5 nitrogen and oxygen atoms in total. The summed E-state index contributed by atoms with van der Waals surface area (Å²) in [5.74, 6) is 0.786. The first kappa shape index (κ1) is 20.8. The van der Waals surface area contributed by atoms with Crippen LogP contribution in [-0.4, -0.2) is 27.8 Å². The number of fused-ring (bicyclic) bond motifs is 1. The number of nitrogens with one attached hydrogen (secondary N) is 1. The Kier molecular flexibility index (Phi) is 7.19. The number of nitrogens with zero attached hydrogens (tertiary/aromatic N) is 2. The minimum atomic E-state index is -0.146. The van der Waals surface area contributed by atoms with E-state index < -0.39 is 0 Å². The third kappa shape index (κ3) is 5.55. The van der Waals surface area contributed by atoms with Crippen molar-refractivity contribution >= 4 is 34.3 Å². The van der Waals surface area contributed by atoms with E-state index >= 15 is 0 Å². The van der Waals surface area contributed by atoms with Gasteiger partial charge >= 0.3 is 0 Å². The summed E-state index contributed by atoms with van der Waals surface area (Å²) in [6.45, 7) is 4.32. The van der Waals surface area contributed by atoms with Crippen LogP contribution in [0.2, 0.25) is 5.02 Å². The number of aromatic nitrogens is 2. The second-order valence-corrected chi connectivity index (χ2v) is 7.28.